The zero-order valence-electron chi connectivity index (χ0n) is 10.0. The SMILES string of the molecule is CC(CC(=O)Nc1cccc(Cl)c1)n1ccnc1. The lowest BCUT2D eigenvalue weighted by Crippen LogP contribution is -2.16. The molecule has 2 rings (SSSR count). The lowest BCUT2D eigenvalue weighted by Gasteiger charge is -2.12. The van der Waals surface area contributed by atoms with Crippen molar-refractivity contribution in [2.24, 2.45) is 0 Å². The molecule has 0 radical (unpaired) electrons. The van der Waals surface area contributed by atoms with Crippen LogP contribution in [0.25, 0.3) is 0 Å². The Morgan fingerprint density at radius 3 is 3.06 bits per heavy atom. The highest BCUT2D eigenvalue weighted by Gasteiger charge is 2.10. The Hall–Kier alpha value is -1.81. The summed E-state index contributed by atoms with van der Waals surface area (Å²) in [5, 5.41) is 3.43. The van der Waals surface area contributed by atoms with Crippen molar-refractivity contribution >= 4 is 23.2 Å². The highest BCUT2D eigenvalue weighted by molar-refractivity contribution is 6.30. The van der Waals surface area contributed by atoms with Crippen molar-refractivity contribution in [3.8, 4) is 0 Å². The van der Waals surface area contributed by atoms with Gasteiger partial charge in [0, 0.05) is 35.6 Å². The number of halogens is 1. The molecular weight excluding hydrogens is 250 g/mol. The number of hydrogen-bond donors (Lipinski definition) is 1. The molecule has 0 aliphatic rings. The maximum Gasteiger partial charge on any atom is 0.226 e. The van der Waals surface area contributed by atoms with Crippen LogP contribution in [0.3, 0.4) is 0 Å². The van der Waals surface area contributed by atoms with Crippen LogP contribution in [0, 0.1) is 0 Å². The fourth-order valence-electron chi connectivity index (χ4n) is 1.68. The summed E-state index contributed by atoms with van der Waals surface area (Å²) in [7, 11) is 0. The van der Waals surface area contributed by atoms with Crippen molar-refractivity contribution < 1.29 is 4.79 Å². The maximum absolute atomic E-state index is 11.8. The van der Waals surface area contributed by atoms with Crippen LogP contribution in [0.1, 0.15) is 19.4 Å². The van der Waals surface area contributed by atoms with E-state index in [0.29, 0.717) is 17.1 Å². The van der Waals surface area contributed by atoms with Crippen molar-refractivity contribution in [3.05, 3.63) is 48.0 Å². The number of rotatable bonds is 4. The van der Waals surface area contributed by atoms with Gasteiger partial charge in [-0.3, -0.25) is 4.79 Å². The number of nitrogens with one attached hydrogen (secondary N) is 1. The summed E-state index contributed by atoms with van der Waals surface area (Å²) < 4.78 is 1.90. The van der Waals surface area contributed by atoms with E-state index in [1.165, 1.54) is 0 Å². The standard InChI is InChI=1S/C13H14ClN3O/c1-10(17-6-5-15-9-17)7-13(18)16-12-4-2-3-11(14)8-12/h2-6,8-10H,7H2,1H3,(H,16,18). The van der Waals surface area contributed by atoms with E-state index in [-0.39, 0.29) is 11.9 Å². The smallest absolute Gasteiger partial charge is 0.226 e. The second-order valence-corrected chi connectivity index (χ2v) is 4.56. The van der Waals surface area contributed by atoms with Gasteiger partial charge < -0.3 is 9.88 Å². The molecule has 0 saturated heterocycles. The van der Waals surface area contributed by atoms with Crippen LogP contribution >= 0.6 is 11.6 Å². The van der Waals surface area contributed by atoms with Crippen LogP contribution in [-0.4, -0.2) is 15.5 Å². The molecule has 1 aromatic heterocycles. The van der Waals surface area contributed by atoms with Crippen LogP contribution in [0.15, 0.2) is 43.0 Å². The minimum atomic E-state index is -0.0431. The third-order valence-electron chi connectivity index (χ3n) is 2.62. The third kappa shape index (κ3) is 3.34. The number of imidazole rings is 1. The van der Waals surface area contributed by atoms with Crippen LogP contribution in [0.4, 0.5) is 5.69 Å². The van der Waals surface area contributed by atoms with Gasteiger partial charge in [-0.05, 0) is 25.1 Å². The van der Waals surface area contributed by atoms with Gasteiger partial charge in [0.15, 0.2) is 0 Å². The highest BCUT2D eigenvalue weighted by atomic mass is 35.5. The van der Waals surface area contributed by atoms with E-state index in [1.807, 2.05) is 23.8 Å². The van der Waals surface area contributed by atoms with Crippen molar-refractivity contribution in [2.45, 2.75) is 19.4 Å². The molecule has 4 nitrogen and oxygen atoms in total. The summed E-state index contributed by atoms with van der Waals surface area (Å²) >= 11 is 5.85. The molecule has 1 heterocycles. The number of anilines is 1. The maximum atomic E-state index is 11.8. The van der Waals surface area contributed by atoms with Crippen molar-refractivity contribution in [3.63, 3.8) is 0 Å². The number of benzene rings is 1. The molecule has 0 saturated carbocycles. The van der Waals surface area contributed by atoms with Crippen molar-refractivity contribution in [2.75, 3.05) is 5.32 Å². The predicted octanol–water partition coefficient (Wildman–Crippen LogP) is 3.13. The Balaban J connectivity index is 1.93. The first-order chi connectivity index (χ1) is 8.65. The van der Waals surface area contributed by atoms with Crippen LogP contribution in [0.5, 0.6) is 0 Å². The number of carbonyl (C=O) groups excluding carboxylic acids is 1. The van der Waals surface area contributed by atoms with Gasteiger partial charge in [-0.1, -0.05) is 17.7 Å². The molecule has 1 aromatic carbocycles. The average molecular weight is 264 g/mol. The van der Waals surface area contributed by atoms with Gasteiger partial charge in [-0.15, -0.1) is 0 Å². The Kier molecular flexibility index (Phi) is 3.99. The zero-order chi connectivity index (χ0) is 13.0. The van der Waals surface area contributed by atoms with Gasteiger partial charge in [-0.25, -0.2) is 4.98 Å². The Bertz CT molecular complexity index is 525. The fraction of sp³-hybridized carbons (Fsp3) is 0.231. The van der Waals surface area contributed by atoms with Crippen LogP contribution in [0.2, 0.25) is 5.02 Å². The predicted molar refractivity (Wildman–Crippen MR) is 71.6 cm³/mol. The lowest BCUT2D eigenvalue weighted by atomic mass is 10.2. The average Bonchev–Trinajstić information content (AvgIpc) is 2.81. The first-order valence-electron chi connectivity index (χ1n) is 5.68. The molecule has 0 bridgehead atoms. The Morgan fingerprint density at radius 1 is 1.56 bits per heavy atom. The summed E-state index contributed by atoms with van der Waals surface area (Å²) in [6.45, 7) is 1.97. The summed E-state index contributed by atoms with van der Waals surface area (Å²) in [6.07, 6.45) is 5.64. The molecule has 1 N–H and O–H groups in total. The van der Waals surface area contributed by atoms with E-state index < -0.39 is 0 Å². The minimum absolute atomic E-state index is 0.0431. The highest BCUT2D eigenvalue weighted by Crippen LogP contribution is 2.16. The minimum Gasteiger partial charge on any atom is -0.334 e. The second-order valence-electron chi connectivity index (χ2n) is 4.12. The van der Waals surface area contributed by atoms with E-state index in [4.69, 9.17) is 11.6 Å². The first-order valence-corrected chi connectivity index (χ1v) is 6.06. The molecule has 0 aliphatic carbocycles. The number of hydrogen-bond acceptors (Lipinski definition) is 2. The Labute approximate surface area is 111 Å². The number of carbonyl (C=O) groups is 1. The molecule has 2 aromatic rings. The van der Waals surface area contributed by atoms with E-state index in [2.05, 4.69) is 10.3 Å². The van der Waals surface area contributed by atoms with Gasteiger partial charge in [0.1, 0.15) is 0 Å². The molecule has 0 aliphatic heterocycles. The number of amides is 1. The molecule has 0 fully saturated rings. The number of aromatic nitrogens is 2. The molecule has 1 amide bonds. The molecule has 0 spiro atoms. The monoisotopic (exact) mass is 263 g/mol. The summed E-state index contributed by atoms with van der Waals surface area (Å²) in [4.78, 5) is 15.8. The van der Waals surface area contributed by atoms with Gasteiger partial charge in [0.25, 0.3) is 0 Å². The topological polar surface area (TPSA) is 46.9 Å². The van der Waals surface area contributed by atoms with Gasteiger partial charge in [0.2, 0.25) is 5.91 Å². The van der Waals surface area contributed by atoms with Gasteiger partial charge >= 0.3 is 0 Å². The third-order valence-corrected chi connectivity index (χ3v) is 2.86. The van der Waals surface area contributed by atoms with Gasteiger partial charge in [-0.2, -0.15) is 0 Å². The fourth-order valence-corrected chi connectivity index (χ4v) is 1.87. The molecule has 5 heteroatoms. The molecule has 1 unspecified atom stereocenters. The van der Waals surface area contributed by atoms with E-state index in [0.717, 1.165) is 0 Å². The molecule has 1 atom stereocenters. The molecule has 18 heavy (non-hydrogen) atoms. The van der Waals surface area contributed by atoms with Crippen molar-refractivity contribution in [1.82, 2.24) is 9.55 Å². The Morgan fingerprint density at radius 2 is 2.39 bits per heavy atom. The summed E-state index contributed by atoms with van der Waals surface area (Å²) in [5.41, 5.74) is 0.713. The first kappa shape index (κ1) is 12.6. The van der Waals surface area contributed by atoms with E-state index >= 15 is 0 Å². The summed E-state index contributed by atoms with van der Waals surface area (Å²) in [6, 6.07) is 7.18. The zero-order valence-corrected chi connectivity index (χ0v) is 10.8. The normalized spacial score (nSPS) is 12.1. The van der Waals surface area contributed by atoms with E-state index in [1.54, 1.807) is 30.7 Å². The molecular formula is C13H14ClN3O. The summed E-state index contributed by atoms with van der Waals surface area (Å²) in [5.74, 6) is -0.0431. The number of nitrogens with zero attached hydrogens (tertiary/aromatic N) is 2. The second kappa shape index (κ2) is 5.69. The van der Waals surface area contributed by atoms with E-state index in [9.17, 15) is 4.79 Å². The van der Waals surface area contributed by atoms with Gasteiger partial charge in [0.05, 0.1) is 6.33 Å². The molecule has 94 valence electrons. The van der Waals surface area contributed by atoms with Crippen LogP contribution < -0.4 is 5.32 Å². The largest absolute Gasteiger partial charge is 0.334 e. The van der Waals surface area contributed by atoms with Crippen LogP contribution in [-0.2, 0) is 4.79 Å². The lowest BCUT2D eigenvalue weighted by molar-refractivity contribution is -0.116. The van der Waals surface area contributed by atoms with Crippen molar-refractivity contribution in [1.29, 1.82) is 0 Å². The quantitative estimate of drug-likeness (QED) is 0.921.